The third-order valence-corrected chi connectivity index (χ3v) is 2.50. The van der Waals surface area contributed by atoms with Crippen molar-refractivity contribution >= 4 is 11.4 Å². The molecule has 0 aliphatic carbocycles. The maximum absolute atomic E-state index is 13.8. The summed E-state index contributed by atoms with van der Waals surface area (Å²) in [5.41, 5.74) is 5.38. The van der Waals surface area contributed by atoms with Crippen LogP contribution in [0.25, 0.3) is 0 Å². The van der Waals surface area contributed by atoms with Gasteiger partial charge >= 0.3 is 6.18 Å². The molecule has 7 heteroatoms. The number of nitrogen functional groups attached to an aromatic ring is 1. The first-order valence-electron chi connectivity index (χ1n) is 5.73. The van der Waals surface area contributed by atoms with Crippen LogP contribution in [0.4, 0.5) is 28.9 Å². The SMILES string of the molecule is CCCN(CC(F)(F)F)c1cc(OC)c(N)cc1F. The average Bonchev–Trinajstić information content (AvgIpc) is 2.27. The Hall–Kier alpha value is -1.66. The molecule has 0 spiro atoms. The third-order valence-electron chi connectivity index (χ3n) is 2.50. The van der Waals surface area contributed by atoms with Gasteiger partial charge in [0.2, 0.25) is 0 Å². The molecule has 2 N–H and O–H groups in total. The molecule has 0 unspecified atom stereocenters. The van der Waals surface area contributed by atoms with Gasteiger partial charge in [0.05, 0.1) is 18.5 Å². The van der Waals surface area contributed by atoms with Crippen LogP contribution in [0.1, 0.15) is 13.3 Å². The minimum atomic E-state index is -4.41. The summed E-state index contributed by atoms with van der Waals surface area (Å²) in [7, 11) is 1.32. The highest BCUT2D eigenvalue weighted by Crippen LogP contribution is 2.32. The molecule has 3 nitrogen and oxygen atoms in total. The first-order chi connectivity index (χ1) is 8.78. The number of ether oxygens (including phenoxy) is 1. The molecule has 0 aliphatic heterocycles. The molecule has 0 aromatic heterocycles. The Labute approximate surface area is 108 Å². The number of nitrogens with zero attached hydrogens (tertiary/aromatic N) is 1. The van der Waals surface area contributed by atoms with Crippen molar-refractivity contribution in [3.05, 3.63) is 17.9 Å². The lowest BCUT2D eigenvalue weighted by Crippen LogP contribution is -2.35. The van der Waals surface area contributed by atoms with Crippen LogP contribution in [0.15, 0.2) is 12.1 Å². The summed E-state index contributed by atoms with van der Waals surface area (Å²) in [5.74, 6) is -0.643. The molecule has 0 fully saturated rings. The number of anilines is 2. The fourth-order valence-corrected chi connectivity index (χ4v) is 1.75. The second-order valence-electron chi connectivity index (χ2n) is 4.08. The predicted octanol–water partition coefficient (Wildman–Crippen LogP) is 3.20. The largest absolute Gasteiger partial charge is 0.495 e. The monoisotopic (exact) mass is 280 g/mol. The van der Waals surface area contributed by atoms with Crippen LogP contribution in [0.3, 0.4) is 0 Å². The van der Waals surface area contributed by atoms with Crippen LogP contribution < -0.4 is 15.4 Å². The van der Waals surface area contributed by atoms with Gasteiger partial charge in [0, 0.05) is 18.7 Å². The van der Waals surface area contributed by atoms with Crippen LogP contribution in [0.2, 0.25) is 0 Å². The number of methoxy groups -OCH3 is 1. The van der Waals surface area contributed by atoms with Crippen molar-refractivity contribution in [1.82, 2.24) is 0 Å². The number of benzene rings is 1. The number of halogens is 4. The quantitative estimate of drug-likeness (QED) is 0.665. The van der Waals surface area contributed by atoms with Crippen molar-refractivity contribution in [3.63, 3.8) is 0 Å². The highest BCUT2D eigenvalue weighted by Gasteiger charge is 2.31. The van der Waals surface area contributed by atoms with Crippen LogP contribution in [0, 0.1) is 5.82 Å². The van der Waals surface area contributed by atoms with Gasteiger partial charge in [0.25, 0.3) is 0 Å². The maximum atomic E-state index is 13.8. The van der Waals surface area contributed by atoms with Gasteiger partial charge in [-0.3, -0.25) is 0 Å². The van der Waals surface area contributed by atoms with Gasteiger partial charge in [0.1, 0.15) is 18.1 Å². The topological polar surface area (TPSA) is 38.5 Å². The van der Waals surface area contributed by atoms with Crippen molar-refractivity contribution in [2.24, 2.45) is 0 Å². The van der Waals surface area contributed by atoms with E-state index in [9.17, 15) is 17.6 Å². The van der Waals surface area contributed by atoms with Gasteiger partial charge in [-0.2, -0.15) is 13.2 Å². The minimum absolute atomic E-state index is 0.0483. The number of hydrogen-bond acceptors (Lipinski definition) is 3. The van der Waals surface area contributed by atoms with E-state index in [4.69, 9.17) is 10.5 Å². The van der Waals surface area contributed by atoms with Crippen molar-refractivity contribution in [2.45, 2.75) is 19.5 Å². The van der Waals surface area contributed by atoms with Gasteiger partial charge in [-0.25, -0.2) is 4.39 Å². The lowest BCUT2D eigenvalue weighted by molar-refractivity contribution is -0.119. The number of alkyl halides is 3. The summed E-state index contributed by atoms with van der Waals surface area (Å²) >= 11 is 0. The van der Waals surface area contributed by atoms with Gasteiger partial charge in [-0.05, 0) is 6.42 Å². The Balaban J connectivity index is 3.14. The number of nitrogens with two attached hydrogens (primary N) is 1. The molecular weight excluding hydrogens is 264 g/mol. The summed E-state index contributed by atoms with van der Waals surface area (Å²) < 4.78 is 56.1. The summed E-state index contributed by atoms with van der Waals surface area (Å²) in [4.78, 5) is 0.928. The first-order valence-corrected chi connectivity index (χ1v) is 5.73. The standard InChI is InChI=1S/C12H16F4N2O/c1-3-4-18(7-12(14,15)16)10-6-11(19-2)9(17)5-8(10)13/h5-6H,3-4,7,17H2,1-2H3. The van der Waals surface area contributed by atoms with Gasteiger partial charge in [0.15, 0.2) is 0 Å². The molecular formula is C12H16F4N2O. The van der Waals surface area contributed by atoms with E-state index in [2.05, 4.69) is 0 Å². The molecule has 0 bridgehead atoms. The second-order valence-corrected chi connectivity index (χ2v) is 4.08. The van der Waals surface area contributed by atoms with Crippen molar-refractivity contribution in [3.8, 4) is 5.75 Å². The summed E-state index contributed by atoms with van der Waals surface area (Å²) in [5, 5.41) is 0. The summed E-state index contributed by atoms with van der Waals surface area (Å²) in [6.07, 6.45) is -3.95. The molecule has 0 saturated heterocycles. The lowest BCUT2D eigenvalue weighted by Gasteiger charge is -2.26. The molecule has 0 heterocycles. The first kappa shape index (κ1) is 15.4. The molecule has 0 radical (unpaired) electrons. The molecule has 0 aliphatic rings. The van der Waals surface area contributed by atoms with Crippen LogP contribution in [-0.4, -0.2) is 26.4 Å². The van der Waals surface area contributed by atoms with Crippen LogP contribution in [-0.2, 0) is 0 Å². The predicted molar refractivity (Wildman–Crippen MR) is 65.9 cm³/mol. The van der Waals surface area contributed by atoms with E-state index in [0.717, 1.165) is 11.0 Å². The molecule has 1 aromatic carbocycles. The number of hydrogen-bond donors (Lipinski definition) is 1. The van der Waals surface area contributed by atoms with E-state index in [-0.39, 0.29) is 23.7 Å². The normalized spacial score (nSPS) is 11.5. The smallest absolute Gasteiger partial charge is 0.405 e. The van der Waals surface area contributed by atoms with Crippen molar-refractivity contribution < 1.29 is 22.3 Å². The van der Waals surface area contributed by atoms with Gasteiger partial charge in [-0.1, -0.05) is 6.92 Å². The van der Waals surface area contributed by atoms with E-state index in [1.54, 1.807) is 6.92 Å². The fraction of sp³-hybridized carbons (Fsp3) is 0.500. The van der Waals surface area contributed by atoms with Gasteiger partial charge in [-0.15, -0.1) is 0 Å². The van der Waals surface area contributed by atoms with Crippen LogP contribution >= 0.6 is 0 Å². The maximum Gasteiger partial charge on any atom is 0.405 e. The Kier molecular flexibility index (Phi) is 4.85. The average molecular weight is 280 g/mol. The Morgan fingerprint density at radius 1 is 1.32 bits per heavy atom. The molecule has 0 atom stereocenters. The van der Waals surface area contributed by atoms with E-state index in [1.165, 1.54) is 13.2 Å². The molecule has 19 heavy (non-hydrogen) atoms. The Bertz CT molecular complexity index is 434. The summed E-state index contributed by atoms with van der Waals surface area (Å²) in [6.45, 7) is 0.587. The van der Waals surface area contributed by atoms with Crippen LogP contribution in [0.5, 0.6) is 5.75 Å². The van der Waals surface area contributed by atoms with Gasteiger partial charge < -0.3 is 15.4 Å². The molecule has 1 aromatic rings. The zero-order chi connectivity index (χ0) is 14.6. The molecule has 0 saturated carbocycles. The number of rotatable bonds is 5. The van der Waals surface area contributed by atoms with E-state index < -0.39 is 18.5 Å². The molecule has 108 valence electrons. The van der Waals surface area contributed by atoms with Crippen molar-refractivity contribution in [2.75, 3.05) is 30.8 Å². The fourth-order valence-electron chi connectivity index (χ4n) is 1.75. The van der Waals surface area contributed by atoms with E-state index >= 15 is 0 Å². The molecule has 0 amide bonds. The zero-order valence-corrected chi connectivity index (χ0v) is 10.7. The third kappa shape index (κ3) is 4.18. The lowest BCUT2D eigenvalue weighted by atomic mass is 10.2. The second kappa shape index (κ2) is 5.99. The Morgan fingerprint density at radius 3 is 2.42 bits per heavy atom. The Morgan fingerprint density at radius 2 is 1.95 bits per heavy atom. The highest BCUT2D eigenvalue weighted by atomic mass is 19.4. The zero-order valence-electron chi connectivity index (χ0n) is 10.7. The highest BCUT2D eigenvalue weighted by molar-refractivity contribution is 5.63. The van der Waals surface area contributed by atoms with E-state index in [1.807, 2.05) is 0 Å². The van der Waals surface area contributed by atoms with Crippen molar-refractivity contribution in [1.29, 1.82) is 0 Å². The molecule has 1 rings (SSSR count). The minimum Gasteiger partial charge on any atom is -0.495 e. The van der Waals surface area contributed by atoms with E-state index in [0.29, 0.717) is 6.42 Å². The summed E-state index contributed by atoms with van der Waals surface area (Å²) in [6, 6.07) is 2.15.